The molecule has 0 fully saturated rings. The van der Waals surface area contributed by atoms with E-state index in [-0.39, 0.29) is 17.7 Å². The number of aromatic nitrogens is 2. The summed E-state index contributed by atoms with van der Waals surface area (Å²) in [5.41, 5.74) is 2.21. The lowest BCUT2D eigenvalue weighted by molar-refractivity contribution is -0.134. The SMILES string of the molecule is CCC(=O)Oc1c(-c2cccc(Cl)c2)c2ccc(C)nc2n(CC)c1=O. The van der Waals surface area contributed by atoms with E-state index in [4.69, 9.17) is 16.3 Å². The molecule has 5 nitrogen and oxygen atoms in total. The molecule has 0 radical (unpaired) electrons. The minimum atomic E-state index is -0.465. The van der Waals surface area contributed by atoms with Gasteiger partial charge in [-0.1, -0.05) is 30.7 Å². The zero-order chi connectivity index (χ0) is 18.8. The molecule has 0 aliphatic heterocycles. The Morgan fingerprint density at radius 1 is 1.23 bits per heavy atom. The highest BCUT2D eigenvalue weighted by atomic mass is 35.5. The van der Waals surface area contributed by atoms with Crippen LogP contribution in [0, 0.1) is 6.92 Å². The Hall–Kier alpha value is -2.66. The van der Waals surface area contributed by atoms with Gasteiger partial charge in [0.2, 0.25) is 5.75 Å². The lowest BCUT2D eigenvalue weighted by atomic mass is 10.0. The van der Waals surface area contributed by atoms with Gasteiger partial charge in [-0.05, 0) is 43.7 Å². The summed E-state index contributed by atoms with van der Waals surface area (Å²) in [7, 11) is 0. The first-order chi connectivity index (χ1) is 12.5. The Kier molecular flexibility index (Phi) is 5.09. The highest BCUT2D eigenvalue weighted by Gasteiger charge is 2.22. The van der Waals surface area contributed by atoms with Gasteiger partial charge >= 0.3 is 5.97 Å². The molecule has 0 amide bonds. The van der Waals surface area contributed by atoms with Crippen LogP contribution in [0.25, 0.3) is 22.2 Å². The van der Waals surface area contributed by atoms with Crippen molar-refractivity contribution in [2.75, 3.05) is 0 Å². The molecule has 0 unspecified atom stereocenters. The van der Waals surface area contributed by atoms with Gasteiger partial charge in [-0.15, -0.1) is 0 Å². The van der Waals surface area contributed by atoms with Crippen molar-refractivity contribution < 1.29 is 9.53 Å². The summed E-state index contributed by atoms with van der Waals surface area (Å²) in [5, 5.41) is 1.27. The lowest BCUT2D eigenvalue weighted by Gasteiger charge is -2.16. The van der Waals surface area contributed by atoms with Gasteiger partial charge in [0.1, 0.15) is 5.65 Å². The van der Waals surface area contributed by atoms with E-state index in [9.17, 15) is 9.59 Å². The maximum Gasteiger partial charge on any atom is 0.311 e. The molecule has 0 N–H and O–H groups in total. The molecule has 134 valence electrons. The minimum Gasteiger partial charge on any atom is -0.420 e. The fourth-order valence-corrected chi connectivity index (χ4v) is 3.09. The van der Waals surface area contributed by atoms with Gasteiger partial charge in [0.15, 0.2) is 0 Å². The third kappa shape index (κ3) is 3.22. The maximum absolute atomic E-state index is 13.1. The van der Waals surface area contributed by atoms with Gasteiger partial charge in [0.25, 0.3) is 5.56 Å². The average molecular weight is 371 g/mol. The van der Waals surface area contributed by atoms with E-state index in [0.717, 1.165) is 11.1 Å². The summed E-state index contributed by atoms with van der Waals surface area (Å²) in [4.78, 5) is 29.6. The number of ether oxygens (including phenoxy) is 1. The molecule has 0 bridgehead atoms. The Morgan fingerprint density at radius 2 is 2.00 bits per heavy atom. The number of esters is 1. The van der Waals surface area contributed by atoms with Crippen LogP contribution in [-0.2, 0) is 11.3 Å². The van der Waals surface area contributed by atoms with Gasteiger partial charge in [-0.25, -0.2) is 4.98 Å². The summed E-state index contributed by atoms with van der Waals surface area (Å²) in [6, 6.07) is 10.9. The molecular formula is C20H19ClN2O3. The molecule has 0 saturated heterocycles. The monoisotopic (exact) mass is 370 g/mol. The third-order valence-electron chi connectivity index (χ3n) is 4.14. The molecule has 0 spiro atoms. The van der Waals surface area contributed by atoms with Crippen molar-refractivity contribution in [3.05, 3.63) is 57.5 Å². The number of fused-ring (bicyclic) bond motifs is 1. The fraction of sp³-hybridized carbons (Fsp3) is 0.250. The summed E-state index contributed by atoms with van der Waals surface area (Å²) in [6.45, 7) is 5.83. The number of hydrogen-bond acceptors (Lipinski definition) is 4. The van der Waals surface area contributed by atoms with Crippen molar-refractivity contribution in [1.82, 2.24) is 9.55 Å². The summed E-state index contributed by atoms with van der Waals surface area (Å²) >= 11 is 6.15. The van der Waals surface area contributed by atoms with E-state index < -0.39 is 5.97 Å². The van der Waals surface area contributed by atoms with E-state index in [2.05, 4.69) is 4.98 Å². The van der Waals surface area contributed by atoms with Gasteiger partial charge in [0.05, 0.1) is 0 Å². The zero-order valence-corrected chi connectivity index (χ0v) is 15.6. The molecule has 3 aromatic rings. The highest BCUT2D eigenvalue weighted by molar-refractivity contribution is 6.31. The van der Waals surface area contributed by atoms with Crippen LogP contribution in [0.15, 0.2) is 41.2 Å². The van der Waals surface area contributed by atoms with Gasteiger partial charge in [-0.2, -0.15) is 0 Å². The normalized spacial score (nSPS) is 10.9. The second-order valence-corrected chi connectivity index (χ2v) is 6.35. The van der Waals surface area contributed by atoms with Crippen LogP contribution in [0.1, 0.15) is 26.0 Å². The lowest BCUT2D eigenvalue weighted by Crippen LogP contribution is -2.25. The maximum atomic E-state index is 13.1. The third-order valence-corrected chi connectivity index (χ3v) is 4.38. The molecule has 3 rings (SSSR count). The van der Waals surface area contributed by atoms with Crippen LogP contribution < -0.4 is 10.3 Å². The summed E-state index contributed by atoms with van der Waals surface area (Å²) < 4.78 is 6.98. The first kappa shape index (κ1) is 18.1. The van der Waals surface area contributed by atoms with Crippen LogP contribution in [0.3, 0.4) is 0 Å². The number of halogens is 1. The predicted octanol–water partition coefficient (Wildman–Crippen LogP) is 4.36. The van der Waals surface area contributed by atoms with Crippen molar-refractivity contribution in [2.24, 2.45) is 0 Å². The Balaban J connectivity index is 2.47. The van der Waals surface area contributed by atoms with E-state index >= 15 is 0 Å². The van der Waals surface area contributed by atoms with Crippen molar-refractivity contribution in [2.45, 2.75) is 33.7 Å². The van der Waals surface area contributed by atoms with Gasteiger partial charge in [0, 0.05) is 34.6 Å². The second-order valence-electron chi connectivity index (χ2n) is 5.92. The van der Waals surface area contributed by atoms with Crippen LogP contribution in [-0.4, -0.2) is 15.5 Å². The zero-order valence-electron chi connectivity index (χ0n) is 14.9. The van der Waals surface area contributed by atoms with Crippen LogP contribution >= 0.6 is 11.6 Å². The van der Waals surface area contributed by atoms with E-state index in [1.165, 1.54) is 4.57 Å². The largest absolute Gasteiger partial charge is 0.420 e. The smallest absolute Gasteiger partial charge is 0.311 e. The molecule has 2 heterocycles. The molecule has 0 atom stereocenters. The van der Waals surface area contributed by atoms with Crippen LogP contribution in [0.5, 0.6) is 5.75 Å². The Bertz CT molecular complexity index is 1060. The topological polar surface area (TPSA) is 61.2 Å². The van der Waals surface area contributed by atoms with E-state index in [1.807, 2.05) is 32.0 Å². The standard InChI is InChI=1S/C20H19ClN2O3/c1-4-16(24)26-18-17(13-7-6-8-14(21)11-13)15-10-9-12(3)22-19(15)23(5-2)20(18)25/h6-11H,4-5H2,1-3H3. The summed E-state index contributed by atoms with van der Waals surface area (Å²) in [5.74, 6) is -0.452. The Labute approximate surface area is 156 Å². The molecule has 26 heavy (non-hydrogen) atoms. The number of aryl methyl sites for hydroxylation is 2. The average Bonchev–Trinajstić information content (AvgIpc) is 2.62. The number of pyridine rings is 2. The molecular weight excluding hydrogens is 352 g/mol. The van der Waals surface area contributed by atoms with Crippen molar-refractivity contribution in [1.29, 1.82) is 0 Å². The van der Waals surface area contributed by atoms with E-state index in [1.54, 1.807) is 25.1 Å². The molecule has 0 aliphatic carbocycles. The van der Waals surface area contributed by atoms with Gasteiger partial charge < -0.3 is 4.74 Å². The number of carbonyl (C=O) groups is 1. The molecule has 1 aromatic carbocycles. The van der Waals surface area contributed by atoms with Gasteiger partial charge in [-0.3, -0.25) is 14.2 Å². The van der Waals surface area contributed by atoms with E-state index in [0.29, 0.717) is 28.3 Å². The molecule has 6 heteroatoms. The first-order valence-electron chi connectivity index (χ1n) is 8.47. The number of rotatable bonds is 4. The number of nitrogens with zero attached hydrogens (tertiary/aromatic N) is 2. The van der Waals surface area contributed by atoms with Crippen molar-refractivity contribution in [3.8, 4) is 16.9 Å². The van der Waals surface area contributed by atoms with Crippen LogP contribution in [0.2, 0.25) is 5.02 Å². The minimum absolute atomic E-state index is 0.0131. The fourth-order valence-electron chi connectivity index (χ4n) is 2.90. The first-order valence-corrected chi connectivity index (χ1v) is 8.84. The summed E-state index contributed by atoms with van der Waals surface area (Å²) in [6.07, 6.45) is 0.171. The molecule has 0 aliphatic rings. The number of carbonyl (C=O) groups excluding carboxylic acids is 1. The Morgan fingerprint density at radius 3 is 2.65 bits per heavy atom. The molecule has 0 saturated carbocycles. The van der Waals surface area contributed by atoms with Crippen LogP contribution in [0.4, 0.5) is 0 Å². The number of hydrogen-bond donors (Lipinski definition) is 0. The predicted molar refractivity (Wildman–Crippen MR) is 103 cm³/mol. The van der Waals surface area contributed by atoms with Crippen molar-refractivity contribution in [3.63, 3.8) is 0 Å². The van der Waals surface area contributed by atoms with Crippen molar-refractivity contribution >= 4 is 28.6 Å². The number of benzene rings is 1. The quantitative estimate of drug-likeness (QED) is 0.640. The molecule has 2 aromatic heterocycles. The second kappa shape index (κ2) is 7.30. The highest BCUT2D eigenvalue weighted by Crippen LogP contribution is 2.35.